The quantitative estimate of drug-likeness (QED) is 0.711. The standard InChI is InChI=1S/C17H15BrO2S/c1-20-13-6-7-14(18)12(8-13)9-15(19)17-10-11-4-2-3-5-16(11)21-17/h2-8,10,15,19H,9H2,1H3. The minimum atomic E-state index is -0.509. The van der Waals surface area contributed by atoms with E-state index in [-0.39, 0.29) is 0 Å². The van der Waals surface area contributed by atoms with Gasteiger partial charge in [-0.15, -0.1) is 11.3 Å². The lowest BCUT2D eigenvalue weighted by Crippen LogP contribution is -2.00. The Labute approximate surface area is 136 Å². The van der Waals surface area contributed by atoms with Gasteiger partial charge in [0.15, 0.2) is 0 Å². The molecule has 0 aliphatic rings. The monoisotopic (exact) mass is 362 g/mol. The van der Waals surface area contributed by atoms with E-state index in [9.17, 15) is 5.11 Å². The molecule has 1 unspecified atom stereocenters. The second-order valence-electron chi connectivity index (χ2n) is 4.86. The van der Waals surface area contributed by atoms with Crippen LogP contribution in [0.1, 0.15) is 16.5 Å². The maximum atomic E-state index is 10.5. The average Bonchev–Trinajstić information content (AvgIpc) is 2.93. The van der Waals surface area contributed by atoms with E-state index >= 15 is 0 Å². The first kappa shape index (κ1) is 14.6. The van der Waals surface area contributed by atoms with E-state index in [4.69, 9.17) is 4.74 Å². The molecule has 1 N–H and O–H groups in total. The molecule has 0 aliphatic heterocycles. The molecule has 1 heterocycles. The summed E-state index contributed by atoms with van der Waals surface area (Å²) in [5.74, 6) is 0.803. The lowest BCUT2D eigenvalue weighted by molar-refractivity contribution is 0.182. The highest BCUT2D eigenvalue weighted by Crippen LogP contribution is 2.33. The third kappa shape index (κ3) is 3.12. The summed E-state index contributed by atoms with van der Waals surface area (Å²) in [5.41, 5.74) is 1.04. The highest BCUT2D eigenvalue weighted by atomic mass is 79.9. The predicted molar refractivity (Wildman–Crippen MR) is 91.2 cm³/mol. The van der Waals surface area contributed by atoms with Crippen molar-refractivity contribution >= 4 is 37.4 Å². The third-order valence-corrected chi connectivity index (χ3v) is 5.43. The van der Waals surface area contributed by atoms with E-state index in [1.54, 1.807) is 18.4 Å². The number of hydrogen-bond acceptors (Lipinski definition) is 3. The second-order valence-corrected chi connectivity index (χ2v) is 6.83. The molecular weight excluding hydrogens is 348 g/mol. The van der Waals surface area contributed by atoms with Crippen LogP contribution >= 0.6 is 27.3 Å². The van der Waals surface area contributed by atoms with Gasteiger partial charge in [-0.25, -0.2) is 0 Å². The van der Waals surface area contributed by atoms with Crippen molar-refractivity contribution in [3.63, 3.8) is 0 Å². The van der Waals surface area contributed by atoms with E-state index in [2.05, 4.69) is 34.1 Å². The SMILES string of the molecule is COc1ccc(Br)c(CC(O)c2cc3ccccc3s2)c1. The van der Waals surface area contributed by atoms with Crippen molar-refractivity contribution in [2.24, 2.45) is 0 Å². The number of halogens is 1. The molecule has 0 radical (unpaired) electrons. The molecule has 4 heteroatoms. The first-order valence-corrected chi connectivity index (χ1v) is 8.27. The van der Waals surface area contributed by atoms with Crippen molar-refractivity contribution in [1.82, 2.24) is 0 Å². The Morgan fingerprint density at radius 2 is 2.00 bits per heavy atom. The van der Waals surface area contributed by atoms with Crippen molar-refractivity contribution in [3.8, 4) is 5.75 Å². The largest absolute Gasteiger partial charge is 0.497 e. The third-order valence-electron chi connectivity index (χ3n) is 3.44. The normalized spacial score (nSPS) is 12.5. The number of aliphatic hydroxyl groups is 1. The fourth-order valence-corrected chi connectivity index (χ4v) is 3.77. The molecular formula is C17H15BrO2S. The molecule has 0 saturated carbocycles. The Bertz CT molecular complexity index is 733. The van der Waals surface area contributed by atoms with Gasteiger partial charge in [0, 0.05) is 20.5 Å². The number of rotatable bonds is 4. The average molecular weight is 363 g/mol. The summed E-state index contributed by atoms with van der Waals surface area (Å²) in [6.07, 6.45) is 0.0516. The van der Waals surface area contributed by atoms with E-state index in [0.29, 0.717) is 6.42 Å². The summed E-state index contributed by atoms with van der Waals surface area (Å²) < 4.78 is 7.44. The summed E-state index contributed by atoms with van der Waals surface area (Å²) in [6.45, 7) is 0. The van der Waals surface area contributed by atoms with Gasteiger partial charge < -0.3 is 9.84 Å². The van der Waals surface area contributed by atoms with E-state index in [1.165, 1.54) is 10.1 Å². The number of thiophene rings is 1. The molecule has 2 nitrogen and oxygen atoms in total. The van der Waals surface area contributed by atoms with Gasteiger partial charge in [0.1, 0.15) is 5.75 Å². The Morgan fingerprint density at radius 3 is 2.76 bits per heavy atom. The Kier molecular flexibility index (Phi) is 4.29. The fraction of sp³-hybridized carbons (Fsp3) is 0.176. The zero-order valence-corrected chi connectivity index (χ0v) is 13.9. The molecule has 108 valence electrons. The molecule has 3 rings (SSSR count). The maximum absolute atomic E-state index is 10.5. The summed E-state index contributed by atoms with van der Waals surface area (Å²) in [5, 5.41) is 11.7. The fourth-order valence-electron chi connectivity index (χ4n) is 2.31. The van der Waals surface area contributed by atoms with Crippen LogP contribution in [0.5, 0.6) is 5.75 Å². The summed E-state index contributed by atoms with van der Waals surface area (Å²) in [6, 6.07) is 16.1. The number of ether oxygens (including phenoxy) is 1. The molecule has 2 aromatic carbocycles. The molecule has 0 amide bonds. The van der Waals surface area contributed by atoms with Gasteiger partial charge in [-0.3, -0.25) is 0 Å². The van der Waals surface area contributed by atoms with Crippen LogP contribution < -0.4 is 4.74 Å². The second kappa shape index (κ2) is 6.18. The highest BCUT2D eigenvalue weighted by Gasteiger charge is 2.14. The molecule has 0 aliphatic carbocycles. The van der Waals surface area contributed by atoms with Gasteiger partial charge in [-0.05, 0) is 41.3 Å². The van der Waals surface area contributed by atoms with Crippen molar-refractivity contribution < 1.29 is 9.84 Å². The number of fused-ring (bicyclic) bond motifs is 1. The van der Waals surface area contributed by atoms with Gasteiger partial charge in [0.25, 0.3) is 0 Å². The van der Waals surface area contributed by atoms with Crippen LogP contribution in [0, 0.1) is 0 Å². The van der Waals surface area contributed by atoms with Crippen LogP contribution in [0.2, 0.25) is 0 Å². The van der Waals surface area contributed by atoms with Gasteiger partial charge in [0.05, 0.1) is 13.2 Å². The first-order valence-electron chi connectivity index (χ1n) is 6.66. The summed E-state index contributed by atoms with van der Waals surface area (Å²) >= 11 is 5.18. The molecule has 0 saturated heterocycles. The van der Waals surface area contributed by atoms with E-state index in [1.807, 2.05) is 30.3 Å². The molecule has 1 aromatic heterocycles. The molecule has 3 aromatic rings. The predicted octanol–water partition coefficient (Wildman–Crippen LogP) is 4.95. The van der Waals surface area contributed by atoms with E-state index < -0.39 is 6.10 Å². The summed E-state index contributed by atoms with van der Waals surface area (Å²) in [7, 11) is 1.65. The molecule has 0 spiro atoms. The zero-order valence-electron chi connectivity index (χ0n) is 11.5. The minimum absolute atomic E-state index is 0.509. The smallest absolute Gasteiger partial charge is 0.119 e. The van der Waals surface area contributed by atoms with E-state index in [0.717, 1.165) is 20.7 Å². The van der Waals surface area contributed by atoms with Crippen LogP contribution in [-0.4, -0.2) is 12.2 Å². The molecule has 1 atom stereocenters. The van der Waals surface area contributed by atoms with Crippen LogP contribution in [0.3, 0.4) is 0 Å². The topological polar surface area (TPSA) is 29.5 Å². The van der Waals surface area contributed by atoms with Gasteiger partial charge in [0.2, 0.25) is 0 Å². The molecule has 0 fully saturated rings. The van der Waals surface area contributed by atoms with Crippen LogP contribution in [-0.2, 0) is 6.42 Å². The minimum Gasteiger partial charge on any atom is -0.497 e. The maximum Gasteiger partial charge on any atom is 0.119 e. The Hall–Kier alpha value is -1.36. The van der Waals surface area contributed by atoms with Gasteiger partial charge >= 0.3 is 0 Å². The van der Waals surface area contributed by atoms with Crippen LogP contribution in [0.25, 0.3) is 10.1 Å². The van der Waals surface area contributed by atoms with Crippen LogP contribution in [0.15, 0.2) is 53.0 Å². The van der Waals surface area contributed by atoms with Crippen molar-refractivity contribution in [2.75, 3.05) is 7.11 Å². The van der Waals surface area contributed by atoms with Crippen molar-refractivity contribution in [2.45, 2.75) is 12.5 Å². The Morgan fingerprint density at radius 1 is 1.19 bits per heavy atom. The zero-order chi connectivity index (χ0) is 14.8. The van der Waals surface area contributed by atoms with Crippen LogP contribution in [0.4, 0.5) is 0 Å². The van der Waals surface area contributed by atoms with Gasteiger partial charge in [-0.2, -0.15) is 0 Å². The first-order chi connectivity index (χ1) is 10.2. The Balaban J connectivity index is 1.87. The van der Waals surface area contributed by atoms with Crippen molar-refractivity contribution in [1.29, 1.82) is 0 Å². The highest BCUT2D eigenvalue weighted by molar-refractivity contribution is 9.10. The number of methoxy groups -OCH3 is 1. The number of hydrogen-bond donors (Lipinski definition) is 1. The van der Waals surface area contributed by atoms with Gasteiger partial charge in [-0.1, -0.05) is 34.1 Å². The lowest BCUT2D eigenvalue weighted by Gasteiger charge is -2.11. The summed E-state index contributed by atoms with van der Waals surface area (Å²) in [4.78, 5) is 0.992. The van der Waals surface area contributed by atoms with Crippen molar-refractivity contribution in [3.05, 3.63) is 63.4 Å². The number of aliphatic hydroxyl groups excluding tert-OH is 1. The molecule has 21 heavy (non-hydrogen) atoms. The lowest BCUT2D eigenvalue weighted by atomic mass is 10.1. The molecule has 0 bridgehead atoms. The number of benzene rings is 2.